The molecule has 1 atom stereocenters. The predicted molar refractivity (Wildman–Crippen MR) is 63.1 cm³/mol. The van der Waals surface area contributed by atoms with Crippen LogP contribution in [0.3, 0.4) is 0 Å². The van der Waals surface area contributed by atoms with Gasteiger partial charge in [0, 0.05) is 24.5 Å². The van der Waals surface area contributed by atoms with Crippen molar-refractivity contribution in [1.29, 1.82) is 0 Å². The van der Waals surface area contributed by atoms with E-state index in [1.807, 2.05) is 0 Å². The predicted octanol–water partition coefficient (Wildman–Crippen LogP) is 0.838. The van der Waals surface area contributed by atoms with Crippen LogP contribution in [0, 0.1) is 0 Å². The van der Waals surface area contributed by atoms with Crippen LogP contribution in [0.4, 0.5) is 0 Å². The molecule has 0 bridgehead atoms. The summed E-state index contributed by atoms with van der Waals surface area (Å²) in [7, 11) is 0. The van der Waals surface area contributed by atoms with Crippen molar-refractivity contribution in [2.24, 2.45) is 5.73 Å². The van der Waals surface area contributed by atoms with E-state index in [4.69, 9.17) is 17.3 Å². The third-order valence-corrected chi connectivity index (χ3v) is 2.37. The molecule has 88 valence electrons. The number of carbonyl (C=O) groups is 1. The van der Waals surface area contributed by atoms with Gasteiger partial charge < -0.3 is 16.2 Å². The number of rotatable bonds is 5. The average Bonchev–Trinajstić information content (AvgIpc) is 2.27. The number of halogens is 1. The van der Waals surface area contributed by atoms with Crippen LogP contribution in [0.5, 0.6) is 0 Å². The van der Waals surface area contributed by atoms with Gasteiger partial charge in [-0.15, -0.1) is 0 Å². The second-order valence-corrected chi connectivity index (χ2v) is 3.85. The molecule has 0 fully saturated rings. The van der Waals surface area contributed by atoms with E-state index in [-0.39, 0.29) is 18.9 Å². The lowest BCUT2D eigenvalue weighted by molar-refractivity contribution is -0.121. The molecule has 5 heteroatoms. The molecule has 1 unspecified atom stereocenters. The third-order valence-electron chi connectivity index (χ3n) is 2.12. The molecule has 0 aromatic heterocycles. The molecular weight excluding hydrogens is 228 g/mol. The first-order chi connectivity index (χ1) is 7.63. The maximum absolute atomic E-state index is 11.1. The van der Waals surface area contributed by atoms with Crippen LogP contribution in [0.15, 0.2) is 24.3 Å². The van der Waals surface area contributed by atoms with Crippen LogP contribution >= 0.6 is 11.6 Å². The summed E-state index contributed by atoms with van der Waals surface area (Å²) >= 11 is 5.72. The van der Waals surface area contributed by atoms with E-state index >= 15 is 0 Å². The lowest BCUT2D eigenvalue weighted by atomic mass is 10.1. The van der Waals surface area contributed by atoms with Gasteiger partial charge in [-0.25, -0.2) is 0 Å². The van der Waals surface area contributed by atoms with E-state index in [0.29, 0.717) is 11.6 Å². The van der Waals surface area contributed by atoms with Crippen molar-refractivity contribution < 1.29 is 9.90 Å². The largest absolute Gasteiger partial charge is 0.387 e. The van der Waals surface area contributed by atoms with Gasteiger partial charge in [-0.1, -0.05) is 23.7 Å². The average molecular weight is 243 g/mol. The summed E-state index contributed by atoms with van der Waals surface area (Å²) in [4.78, 5) is 11.1. The first-order valence-corrected chi connectivity index (χ1v) is 5.41. The summed E-state index contributed by atoms with van der Waals surface area (Å²) in [5, 5.41) is 12.9. The van der Waals surface area contributed by atoms with Crippen LogP contribution in [0.25, 0.3) is 0 Å². The Morgan fingerprint density at radius 2 is 2.06 bits per heavy atom. The second kappa shape index (κ2) is 6.48. The first kappa shape index (κ1) is 13.0. The van der Waals surface area contributed by atoms with E-state index in [1.54, 1.807) is 24.3 Å². The van der Waals surface area contributed by atoms with Gasteiger partial charge in [-0.3, -0.25) is 4.79 Å². The fourth-order valence-corrected chi connectivity index (χ4v) is 1.36. The fourth-order valence-electron chi connectivity index (χ4n) is 1.23. The third kappa shape index (κ3) is 4.18. The highest BCUT2D eigenvalue weighted by Gasteiger charge is 2.08. The van der Waals surface area contributed by atoms with Crippen molar-refractivity contribution >= 4 is 17.5 Å². The van der Waals surface area contributed by atoms with Crippen molar-refractivity contribution in [2.45, 2.75) is 12.5 Å². The maximum atomic E-state index is 11.1. The van der Waals surface area contributed by atoms with Gasteiger partial charge in [0.2, 0.25) is 5.91 Å². The minimum absolute atomic E-state index is 0.157. The Morgan fingerprint density at radius 3 is 2.62 bits per heavy atom. The Bertz CT molecular complexity index is 340. The quantitative estimate of drug-likeness (QED) is 0.716. The summed E-state index contributed by atoms with van der Waals surface area (Å²) in [5.41, 5.74) is 5.95. The van der Waals surface area contributed by atoms with Crippen LogP contribution in [0.2, 0.25) is 5.02 Å². The number of nitrogens with one attached hydrogen (secondary N) is 1. The molecule has 4 nitrogen and oxygen atoms in total. The highest BCUT2D eigenvalue weighted by atomic mass is 35.5. The highest BCUT2D eigenvalue weighted by Crippen LogP contribution is 2.15. The van der Waals surface area contributed by atoms with Crippen molar-refractivity contribution in [3.8, 4) is 0 Å². The Labute approximate surface area is 99.4 Å². The molecule has 0 aliphatic rings. The van der Waals surface area contributed by atoms with Gasteiger partial charge in [0.05, 0.1) is 6.10 Å². The maximum Gasteiger partial charge on any atom is 0.221 e. The minimum Gasteiger partial charge on any atom is -0.387 e. The molecule has 0 saturated carbocycles. The van der Waals surface area contributed by atoms with Gasteiger partial charge in [-0.05, 0) is 17.7 Å². The second-order valence-electron chi connectivity index (χ2n) is 3.41. The lowest BCUT2D eigenvalue weighted by Gasteiger charge is -2.12. The van der Waals surface area contributed by atoms with Crippen molar-refractivity contribution in [3.05, 3.63) is 34.9 Å². The summed E-state index contributed by atoms with van der Waals surface area (Å²) in [6, 6.07) is 6.84. The standard InChI is InChI=1S/C11H15ClN2O2/c12-9-3-1-8(2-4-9)10(15)7-14-11(16)5-6-13/h1-4,10,15H,5-7,13H2,(H,14,16). The molecule has 0 spiro atoms. The molecule has 16 heavy (non-hydrogen) atoms. The number of aliphatic hydroxyl groups excluding tert-OH is 1. The molecule has 1 rings (SSSR count). The van der Waals surface area contributed by atoms with Crippen LogP contribution in [0.1, 0.15) is 18.1 Å². The normalized spacial score (nSPS) is 12.2. The van der Waals surface area contributed by atoms with Crippen molar-refractivity contribution in [2.75, 3.05) is 13.1 Å². The zero-order valence-corrected chi connectivity index (χ0v) is 9.57. The number of benzene rings is 1. The van der Waals surface area contributed by atoms with Crippen molar-refractivity contribution in [1.82, 2.24) is 5.32 Å². The van der Waals surface area contributed by atoms with Crippen LogP contribution in [-0.2, 0) is 4.79 Å². The highest BCUT2D eigenvalue weighted by molar-refractivity contribution is 6.30. The van der Waals surface area contributed by atoms with Gasteiger partial charge in [0.25, 0.3) is 0 Å². The molecule has 0 aliphatic heterocycles. The van der Waals surface area contributed by atoms with Crippen molar-refractivity contribution in [3.63, 3.8) is 0 Å². The zero-order valence-electron chi connectivity index (χ0n) is 8.82. The number of amides is 1. The summed E-state index contributed by atoms with van der Waals surface area (Å²) in [6.07, 6.45) is -0.452. The van der Waals surface area contributed by atoms with Gasteiger partial charge >= 0.3 is 0 Å². The molecule has 1 aromatic carbocycles. The van der Waals surface area contributed by atoms with Gasteiger partial charge in [0.15, 0.2) is 0 Å². The van der Waals surface area contributed by atoms with E-state index in [2.05, 4.69) is 5.32 Å². The minimum atomic E-state index is -0.723. The molecular formula is C11H15ClN2O2. The van der Waals surface area contributed by atoms with E-state index < -0.39 is 6.10 Å². The van der Waals surface area contributed by atoms with Crippen LogP contribution < -0.4 is 11.1 Å². The smallest absolute Gasteiger partial charge is 0.221 e. The molecule has 1 amide bonds. The van der Waals surface area contributed by atoms with Crippen LogP contribution in [-0.4, -0.2) is 24.1 Å². The summed E-state index contributed by atoms with van der Waals surface area (Å²) < 4.78 is 0. The Balaban J connectivity index is 2.43. The number of aliphatic hydroxyl groups is 1. The molecule has 0 heterocycles. The molecule has 0 aliphatic carbocycles. The number of carbonyl (C=O) groups excluding carboxylic acids is 1. The first-order valence-electron chi connectivity index (χ1n) is 5.03. The lowest BCUT2D eigenvalue weighted by Crippen LogP contribution is -2.29. The Morgan fingerprint density at radius 1 is 1.44 bits per heavy atom. The Kier molecular flexibility index (Phi) is 5.25. The van der Waals surface area contributed by atoms with Gasteiger partial charge in [0.1, 0.15) is 0 Å². The fraction of sp³-hybridized carbons (Fsp3) is 0.364. The topological polar surface area (TPSA) is 75.4 Å². The number of nitrogens with two attached hydrogens (primary N) is 1. The van der Waals surface area contributed by atoms with E-state index in [1.165, 1.54) is 0 Å². The molecule has 0 saturated heterocycles. The van der Waals surface area contributed by atoms with Gasteiger partial charge in [-0.2, -0.15) is 0 Å². The molecule has 4 N–H and O–H groups in total. The summed E-state index contributed by atoms with van der Waals surface area (Å²) in [5.74, 6) is -0.157. The Hall–Kier alpha value is -1.10. The molecule has 1 aromatic rings. The number of hydrogen-bond donors (Lipinski definition) is 3. The van der Waals surface area contributed by atoms with E-state index in [0.717, 1.165) is 5.56 Å². The zero-order chi connectivity index (χ0) is 12.0. The SMILES string of the molecule is NCCC(=O)NCC(O)c1ccc(Cl)cc1. The van der Waals surface area contributed by atoms with E-state index in [9.17, 15) is 9.90 Å². The molecule has 0 radical (unpaired) electrons. The summed E-state index contributed by atoms with van der Waals surface area (Å²) in [6.45, 7) is 0.489. The monoisotopic (exact) mass is 242 g/mol. The number of hydrogen-bond acceptors (Lipinski definition) is 3.